The zero-order valence-corrected chi connectivity index (χ0v) is 19.1. The lowest BCUT2D eigenvalue weighted by atomic mass is 9.49. The van der Waals surface area contributed by atoms with Gasteiger partial charge in [0.2, 0.25) is 10.7 Å². The number of nitrogens with zero attached hydrogens (tertiary/aromatic N) is 2. The zero-order chi connectivity index (χ0) is 19.1. The standard InChI is InChI=1S/C23H27N3OS.BrH/c1-2-8-26-20(19-6-4-3-5-7-19)15-28-22(26)25-24-21(27)23-12-16-9-17(13-23)11-18(10-16)14-23;/h2-7,15-18H,1,8-14H2,(H,24,27);1H. The molecule has 29 heavy (non-hydrogen) atoms. The molecule has 1 N–H and O–H groups in total. The first-order valence-corrected chi connectivity index (χ1v) is 11.2. The van der Waals surface area contributed by atoms with E-state index < -0.39 is 0 Å². The molecule has 1 amide bonds. The first-order chi connectivity index (χ1) is 13.7. The number of hydrogen-bond acceptors (Lipinski definition) is 3. The third-order valence-electron chi connectivity index (χ3n) is 6.95. The number of halogens is 1. The number of allylic oxidation sites excluding steroid dienone is 1. The highest BCUT2D eigenvalue weighted by molar-refractivity contribution is 8.93. The second-order valence-electron chi connectivity index (χ2n) is 8.92. The predicted octanol–water partition coefficient (Wildman–Crippen LogP) is 5.13. The number of hydrogen-bond donors (Lipinski definition) is 1. The number of amides is 1. The number of nitrogens with one attached hydrogen (secondary N) is 1. The number of rotatable bonds is 5. The Bertz CT molecular complexity index is 927. The summed E-state index contributed by atoms with van der Waals surface area (Å²) in [5.74, 6) is 2.42. The second kappa shape index (κ2) is 8.23. The van der Waals surface area contributed by atoms with Gasteiger partial charge >= 0.3 is 0 Å². The number of benzene rings is 1. The maximum absolute atomic E-state index is 13.2. The molecule has 0 saturated heterocycles. The van der Waals surface area contributed by atoms with Gasteiger partial charge in [-0.2, -0.15) is 0 Å². The van der Waals surface area contributed by atoms with Gasteiger partial charge in [0.1, 0.15) is 0 Å². The summed E-state index contributed by atoms with van der Waals surface area (Å²) in [5.41, 5.74) is 5.05. The Morgan fingerprint density at radius 1 is 1.17 bits per heavy atom. The van der Waals surface area contributed by atoms with Crippen molar-refractivity contribution in [2.24, 2.45) is 28.3 Å². The molecule has 154 valence electrons. The molecule has 4 saturated carbocycles. The molecule has 2 aromatic rings. The van der Waals surface area contributed by atoms with E-state index in [-0.39, 0.29) is 28.3 Å². The highest BCUT2D eigenvalue weighted by Gasteiger charge is 2.54. The first-order valence-electron chi connectivity index (χ1n) is 10.4. The predicted molar refractivity (Wildman–Crippen MR) is 123 cm³/mol. The maximum Gasteiger partial charge on any atom is 0.246 e. The van der Waals surface area contributed by atoms with Crippen molar-refractivity contribution < 1.29 is 4.79 Å². The van der Waals surface area contributed by atoms with Gasteiger partial charge in [0.25, 0.3) is 0 Å². The van der Waals surface area contributed by atoms with Gasteiger partial charge in [-0.05, 0) is 61.8 Å². The SMILES string of the molecule is Br.C=CCn1c(-c2ccccc2)csc1=NNC(=O)C12CC3CC(CC(C3)C1)C2. The van der Waals surface area contributed by atoms with E-state index in [0.717, 1.165) is 53.1 Å². The summed E-state index contributed by atoms with van der Waals surface area (Å²) >= 11 is 1.56. The minimum atomic E-state index is -0.166. The number of carbonyl (C=O) groups is 1. The third kappa shape index (κ3) is 3.77. The molecule has 4 bridgehead atoms. The molecule has 6 heteroatoms. The lowest BCUT2D eigenvalue weighted by Gasteiger charge is -2.55. The van der Waals surface area contributed by atoms with E-state index in [1.54, 1.807) is 11.3 Å². The summed E-state index contributed by atoms with van der Waals surface area (Å²) < 4.78 is 2.12. The van der Waals surface area contributed by atoms with Crippen LogP contribution in [0.4, 0.5) is 0 Å². The number of thiazole rings is 1. The van der Waals surface area contributed by atoms with Crippen LogP contribution in [0.3, 0.4) is 0 Å². The van der Waals surface area contributed by atoms with Crippen molar-refractivity contribution in [2.75, 3.05) is 0 Å². The molecule has 0 radical (unpaired) electrons. The van der Waals surface area contributed by atoms with Gasteiger partial charge < -0.3 is 4.57 Å². The van der Waals surface area contributed by atoms with Crippen LogP contribution in [0.25, 0.3) is 11.3 Å². The van der Waals surface area contributed by atoms with Gasteiger partial charge in [-0.15, -0.1) is 40.0 Å². The van der Waals surface area contributed by atoms with Crippen molar-refractivity contribution in [3.8, 4) is 11.3 Å². The van der Waals surface area contributed by atoms with Crippen molar-refractivity contribution in [2.45, 2.75) is 45.1 Å². The first kappa shape index (κ1) is 20.6. The topological polar surface area (TPSA) is 46.4 Å². The fourth-order valence-corrected chi connectivity index (χ4v) is 7.05. The molecule has 0 spiro atoms. The monoisotopic (exact) mass is 473 g/mol. The second-order valence-corrected chi connectivity index (χ2v) is 9.76. The Labute approximate surface area is 186 Å². The Balaban J connectivity index is 0.00000205. The normalized spacial score (nSPS) is 30.1. The molecule has 4 fully saturated rings. The third-order valence-corrected chi connectivity index (χ3v) is 7.82. The molecular formula is C23H28BrN3OS. The van der Waals surface area contributed by atoms with Crippen LogP contribution in [0, 0.1) is 23.2 Å². The average molecular weight is 474 g/mol. The molecule has 1 heterocycles. The summed E-state index contributed by atoms with van der Waals surface area (Å²) in [6.45, 7) is 4.55. The maximum atomic E-state index is 13.2. The summed E-state index contributed by atoms with van der Waals surface area (Å²) in [7, 11) is 0. The van der Waals surface area contributed by atoms with E-state index in [9.17, 15) is 4.79 Å². The summed E-state index contributed by atoms with van der Waals surface area (Å²) in [4.78, 5) is 14.0. The Morgan fingerprint density at radius 2 is 1.79 bits per heavy atom. The number of carbonyl (C=O) groups excluding carboxylic acids is 1. The highest BCUT2D eigenvalue weighted by atomic mass is 79.9. The van der Waals surface area contributed by atoms with Crippen molar-refractivity contribution in [1.29, 1.82) is 0 Å². The Kier molecular flexibility index (Phi) is 5.85. The largest absolute Gasteiger partial charge is 0.311 e. The quantitative estimate of drug-likeness (QED) is 0.474. The molecule has 4 nitrogen and oxygen atoms in total. The van der Waals surface area contributed by atoms with E-state index in [1.165, 1.54) is 19.3 Å². The van der Waals surface area contributed by atoms with Gasteiger partial charge in [-0.3, -0.25) is 4.79 Å². The van der Waals surface area contributed by atoms with Crippen LogP contribution >= 0.6 is 28.3 Å². The number of aromatic nitrogens is 1. The van der Waals surface area contributed by atoms with Crippen molar-refractivity contribution in [1.82, 2.24) is 9.99 Å². The summed E-state index contributed by atoms with van der Waals surface area (Å²) in [6, 6.07) is 10.3. The molecule has 4 aliphatic rings. The van der Waals surface area contributed by atoms with Gasteiger partial charge in [0.05, 0.1) is 11.1 Å². The molecule has 6 rings (SSSR count). The highest BCUT2D eigenvalue weighted by Crippen LogP contribution is 2.60. The zero-order valence-electron chi connectivity index (χ0n) is 16.5. The van der Waals surface area contributed by atoms with Gasteiger partial charge in [-0.25, -0.2) is 5.43 Å². The molecule has 4 aliphatic carbocycles. The van der Waals surface area contributed by atoms with Gasteiger partial charge in [0.15, 0.2) is 0 Å². The Hall–Kier alpha value is -1.66. The lowest BCUT2D eigenvalue weighted by Crippen LogP contribution is -2.53. The lowest BCUT2D eigenvalue weighted by molar-refractivity contribution is -0.146. The van der Waals surface area contributed by atoms with Crippen LogP contribution in [-0.4, -0.2) is 10.5 Å². The smallest absolute Gasteiger partial charge is 0.246 e. The van der Waals surface area contributed by atoms with Crippen LogP contribution in [0.5, 0.6) is 0 Å². The molecule has 0 unspecified atom stereocenters. The van der Waals surface area contributed by atoms with E-state index in [2.05, 4.69) is 39.2 Å². The van der Waals surface area contributed by atoms with E-state index in [1.807, 2.05) is 24.3 Å². The summed E-state index contributed by atoms with van der Waals surface area (Å²) in [6.07, 6.45) is 9.09. The summed E-state index contributed by atoms with van der Waals surface area (Å²) in [5, 5.41) is 6.67. The van der Waals surface area contributed by atoms with Crippen molar-refractivity contribution in [3.05, 3.63) is 53.2 Å². The fraction of sp³-hybridized carbons (Fsp3) is 0.478. The molecule has 0 aliphatic heterocycles. The fourth-order valence-electron chi connectivity index (χ4n) is 6.17. The molecule has 0 atom stereocenters. The van der Waals surface area contributed by atoms with Crippen LogP contribution in [0.1, 0.15) is 38.5 Å². The van der Waals surface area contributed by atoms with Crippen molar-refractivity contribution in [3.63, 3.8) is 0 Å². The van der Waals surface area contributed by atoms with Crippen LogP contribution in [0.2, 0.25) is 0 Å². The minimum absolute atomic E-state index is 0. The Morgan fingerprint density at radius 3 is 2.38 bits per heavy atom. The van der Waals surface area contributed by atoms with E-state index in [4.69, 9.17) is 0 Å². The molecule has 1 aromatic carbocycles. The van der Waals surface area contributed by atoms with Gasteiger partial charge in [-0.1, -0.05) is 36.4 Å². The molecular weight excluding hydrogens is 446 g/mol. The minimum Gasteiger partial charge on any atom is -0.311 e. The molecule has 1 aromatic heterocycles. The average Bonchev–Trinajstić information content (AvgIpc) is 3.08. The van der Waals surface area contributed by atoms with E-state index in [0.29, 0.717) is 6.54 Å². The van der Waals surface area contributed by atoms with E-state index >= 15 is 0 Å². The van der Waals surface area contributed by atoms with Crippen molar-refractivity contribution >= 4 is 34.2 Å². The van der Waals surface area contributed by atoms with Crippen LogP contribution in [0.15, 0.2) is 53.5 Å². The van der Waals surface area contributed by atoms with Crippen LogP contribution < -0.4 is 10.2 Å². The van der Waals surface area contributed by atoms with Gasteiger partial charge in [0, 0.05) is 11.9 Å². The van der Waals surface area contributed by atoms with Crippen LogP contribution in [-0.2, 0) is 11.3 Å².